The summed E-state index contributed by atoms with van der Waals surface area (Å²) < 4.78 is 12.8. The second-order valence-corrected chi connectivity index (χ2v) is 10.6. The Bertz CT molecular complexity index is 1620. The standard InChI is InChI=1S/C32H27BrN4O3S/c1-2-39-30-18-23(10-17-29(30)40-20-22-8-15-26(33)16-9-22)19-34-37-31(38)25-13-11-24(12-14-25)28-21-41-32(36-28)35-27-6-4-3-5-7-27/h3-19,21H,2,20H2,1H3,(H,35,36)(H,37,38)/b34-19-. The molecule has 0 saturated carbocycles. The summed E-state index contributed by atoms with van der Waals surface area (Å²) in [5.74, 6) is 0.941. The molecule has 0 fully saturated rings. The predicted octanol–water partition coefficient (Wildman–Crippen LogP) is 8.06. The molecule has 7 nitrogen and oxygen atoms in total. The first kappa shape index (κ1) is 28.1. The number of carbonyl (C=O) groups excluding carboxylic acids is 1. The molecule has 0 aliphatic carbocycles. The Morgan fingerprint density at radius 2 is 1.73 bits per heavy atom. The smallest absolute Gasteiger partial charge is 0.271 e. The third-order valence-corrected chi connectivity index (χ3v) is 7.21. The molecule has 206 valence electrons. The molecule has 1 aromatic heterocycles. The van der Waals surface area contributed by atoms with E-state index in [4.69, 9.17) is 9.47 Å². The van der Waals surface area contributed by atoms with E-state index in [0.717, 1.165) is 37.7 Å². The Morgan fingerprint density at radius 1 is 0.951 bits per heavy atom. The molecule has 0 aliphatic heterocycles. The second-order valence-electron chi connectivity index (χ2n) is 8.86. The van der Waals surface area contributed by atoms with Gasteiger partial charge in [-0.2, -0.15) is 5.10 Å². The zero-order chi connectivity index (χ0) is 28.4. The fourth-order valence-corrected chi connectivity index (χ4v) is 4.87. The normalized spacial score (nSPS) is 10.9. The van der Waals surface area contributed by atoms with Gasteiger partial charge in [0.1, 0.15) is 6.61 Å². The van der Waals surface area contributed by atoms with Crippen LogP contribution in [0.25, 0.3) is 11.3 Å². The monoisotopic (exact) mass is 626 g/mol. The minimum atomic E-state index is -0.308. The van der Waals surface area contributed by atoms with Crippen LogP contribution in [0.2, 0.25) is 0 Å². The molecule has 0 radical (unpaired) electrons. The number of aromatic nitrogens is 1. The van der Waals surface area contributed by atoms with Crippen LogP contribution in [-0.2, 0) is 6.61 Å². The van der Waals surface area contributed by atoms with E-state index < -0.39 is 0 Å². The highest BCUT2D eigenvalue weighted by Crippen LogP contribution is 2.29. The van der Waals surface area contributed by atoms with Crippen LogP contribution in [0.1, 0.15) is 28.4 Å². The summed E-state index contributed by atoms with van der Waals surface area (Å²) in [6.45, 7) is 2.83. The average Bonchev–Trinajstić information content (AvgIpc) is 3.47. The van der Waals surface area contributed by atoms with E-state index in [1.807, 2.05) is 97.2 Å². The number of rotatable bonds is 11. The molecule has 0 aliphatic rings. The van der Waals surface area contributed by atoms with Crippen LogP contribution in [0.5, 0.6) is 11.5 Å². The molecule has 1 heterocycles. The van der Waals surface area contributed by atoms with Crippen LogP contribution in [0.4, 0.5) is 10.8 Å². The average molecular weight is 628 g/mol. The molecule has 0 saturated heterocycles. The van der Waals surface area contributed by atoms with E-state index in [9.17, 15) is 4.79 Å². The van der Waals surface area contributed by atoms with Gasteiger partial charge in [0.25, 0.3) is 5.91 Å². The number of para-hydroxylation sites is 1. The number of carbonyl (C=O) groups is 1. The van der Waals surface area contributed by atoms with Gasteiger partial charge in [0, 0.05) is 26.7 Å². The maximum absolute atomic E-state index is 12.7. The summed E-state index contributed by atoms with van der Waals surface area (Å²) in [6.07, 6.45) is 1.57. The zero-order valence-electron chi connectivity index (χ0n) is 22.2. The van der Waals surface area contributed by atoms with Crippen molar-refractivity contribution in [1.29, 1.82) is 0 Å². The van der Waals surface area contributed by atoms with Crippen molar-refractivity contribution in [1.82, 2.24) is 10.4 Å². The summed E-state index contributed by atoms with van der Waals surface area (Å²) in [4.78, 5) is 17.3. The number of hydrogen-bond donors (Lipinski definition) is 2. The number of nitrogens with zero attached hydrogens (tertiary/aromatic N) is 2. The molecule has 0 bridgehead atoms. The van der Waals surface area contributed by atoms with Crippen molar-refractivity contribution in [2.24, 2.45) is 5.10 Å². The fourth-order valence-electron chi connectivity index (χ4n) is 3.87. The van der Waals surface area contributed by atoms with Gasteiger partial charge in [-0.15, -0.1) is 11.3 Å². The Morgan fingerprint density at radius 3 is 2.49 bits per heavy atom. The minimum absolute atomic E-state index is 0.308. The Balaban J connectivity index is 1.17. The van der Waals surface area contributed by atoms with Crippen LogP contribution < -0.4 is 20.2 Å². The van der Waals surface area contributed by atoms with Crippen LogP contribution >= 0.6 is 27.3 Å². The number of hydrazone groups is 1. The zero-order valence-corrected chi connectivity index (χ0v) is 24.6. The van der Waals surface area contributed by atoms with Crippen LogP contribution in [0.3, 0.4) is 0 Å². The van der Waals surface area contributed by atoms with Crippen molar-refractivity contribution in [3.8, 4) is 22.8 Å². The number of anilines is 2. The topological polar surface area (TPSA) is 84.8 Å². The molecule has 2 N–H and O–H groups in total. The third kappa shape index (κ3) is 7.81. The summed E-state index contributed by atoms with van der Waals surface area (Å²) in [5, 5.41) is 10.2. The van der Waals surface area contributed by atoms with Gasteiger partial charge in [-0.3, -0.25) is 4.79 Å². The highest BCUT2D eigenvalue weighted by molar-refractivity contribution is 9.10. The molecule has 9 heteroatoms. The number of thiazole rings is 1. The van der Waals surface area contributed by atoms with E-state index >= 15 is 0 Å². The van der Waals surface area contributed by atoms with Gasteiger partial charge in [-0.25, -0.2) is 10.4 Å². The lowest BCUT2D eigenvalue weighted by Crippen LogP contribution is -2.17. The fraction of sp³-hybridized carbons (Fsp3) is 0.0938. The first-order valence-corrected chi connectivity index (χ1v) is 14.6. The lowest BCUT2D eigenvalue weighted by molar-refractivity contribution is 0.0955. The van der Waals surface area contributed by atoms with Gasteiger partial charge in [-0.1, -0.05) is 58.4 Å². The molecule has 4 aromatic carbocycles. The molecule has 1 amide bonds. The largest absolute Gasteiger partial charge is 0.490 e. The number of nitrogens with one attached hydrogen (secondary N) is 2. The second kappa shape index (κ2) is 13.7. The molecule has 0 unspecified atom stereocenters. The van der Waals surface area contributed by atoms with Crippen molar-refractivity contribution >= 4 is 50.2 Å². The Hall–Kier alpha value is -4.47. The van der Waals surface area contributed by atoms with Crippen molar-refractivity contribution < 1.29 is 14.3 Å². The van der Waals surface area contributed by atoms with Crippen molar-refractivity contribution in [2.45, 2.75) is 13.5 Å². The van der Waals surface area contributed by atoms with E-state index in [-0.39, 0.29) is 5.91 Å². The molecule has 5 aromatic rings. The lowest BCUT2D eigenvalue weighted by Gasteiger charge is -2.12. The Kier molecular flexibility index (Phi) is 9.41. The first-order valence-electron chi connectivity index (χ1n) is 12.9. The third-order valence-electron chi connectivity index (χ3n) is 5.93. The van der Waals surface area contributed by atoms with Crippen molar-refractivity contribution in [3.63, 3.8) is 0 Å². The first-order chi connectivity index (χ1) is 20.1. The minimum Gasteiger partial charge on any atom is -0.490 e. The Labute approximate surface area is 251 Å². The number of amides is 1. The number of ether oxygens (including phenoxy) is 2. The van der Waals surface area contributed by atoms with Crippen LogP contribution in [0.15, 0.2) is 112 Å². The van der Waals surface area contributed by atoms with E-state index in [2.05, 4.69) is 36.8 Å². The maximum atomic E-state index is 12.7. The molecule has 0 atom stereocenters. The van der Waals surface area contributed by atoms with Gasteiger partial charge in [0.05, 0.1) is 18.5 Å². The van der Waals surface area contributed by atoms with Crippen LogP contribution in [-0.4, -0.2) is 23.7 Å². The van der Waals surface area contributed by atoms with E-state index in [1.165, 1.54) is 11.3 Å². The predicted molar refractivity (Wildman–Crippen MR) is 168 cm³/mol. The van der Waals surface area contributed by atoms with Crippen molar-refractivity contribution in [3.05, 3.63) is 124 Å². The molecular weight excluding hydrogens is 600 g/mol. The highest BCUT2D eigenvalue weighted by Gasteiger charge is 2.09. The highest BCUT2D eigenvalue weighted by atomic mass is 79.9. The van der Waals surface area contributed by atoms with Gasteiger partial charge < -0.3 is 14.8 Å². The SMILES string of the molecule is CCOc1cc(/C=N\NC(=O)c2ccc(-c3csc(Nc4ccccc4)n3)cc2)ccc1OCc1ccc(Br)cc1. The lowest BCUT2D eigenvalue weighted by atomic mass is 10.1. The molecule has 5 rings (SSSR count). The van der Waals surface area contributed by atoms with Gasteiger partial charge >= 0.3 is 0 Å². The van der Waals surface area contributed by atoms with E-state index in [0.29, 0.717) is 30.3 Å². The van der Waals surface area contributed by atoms with Gasteiger partial charge in [-0.05, 0) is 72.6 Å². The summed E-state index contributed by atoms with van der Waals surface area (Å²) >= 11 is 4.97. The molecular formula is C32H27BrN4O3S. The van der Waals surface area contributed by atoms with Gasteiger partial charge in [0.15, 0.2) is 16.6 Å². The van der Waals surface area contributed by atoms with Crippen LogP contribution in [0, 0.1) is 0 Å². The summed E-state index contributed by atoms with van der Waals surface area (Å²) in [7, 11) is 0. The molecule has 41 heavy (non-hydrogen) atoms. The maximum Gasteiger partial charge on any atom is 0.271 e. The van der Waals surface area contributed by atoms with Crippen molar-refractivity contribution in [2.75, 3.05) is 11.9 Å². The quantitative estimate of drug-likeness (QED) is 0.114. The molecule has 0 spiro atoms. The number of halogens is 1. The summed E-state index contributed by atoms with van der Waals surface area (Å²) in [6, 6.07) is 30.7. The van der Waals surface area contributed by atoms with E-state index in [1.54, 1.807) is 18.3 Å². The number of benzene rings is 4. The number of hydrogen-bond acceptors (Lipinski definition) is 7. The van der Waals surface area contributed by atoms with Gasteiger partial charge in [0.2, 0.25) is 0 Å². The summed E-state index contributed by atoms with van der Waals surface area (Å²) in [5.41, 5.74) is 7.65.